The van der Waals surface area contributed by atoms with E-state index < -0.39 is 23.6 Å². The van der Waals surface area contributed by atoms with E-state index in [1.165, 1.54) is 17.6 Å². The number of hydrogen-bond acceptors (Lipinski definition) is 11. The highest BCUT2D eigenvalue weighted by Crippen LogP contribution is 2.41. The molecule has 0 unspecified atom stereocenters. The second-order valence-corrected chi connectivity index (χ2v) is 14.7. The highest BCUT2D eigenvalue weighted by atomic mass is 35.5. The number of nitriles is 1. The second-order valence-electron chi connectivity index (χ2n) is 13.5. The van der Waals surface area contributed by atoms with Gasteiger partial charge in [0, 0.05) is 60.8 Å². The number of amides is 1. The van der Waals surface area contributed by atoms with Gasteiger partial charge in [-0.2, -0.15) is 19.6 Å². The number of aryl methyl sites for hydroxylation is 1. The Bertz CT molecular complexity index is 2260. The number of carbonyl (C=O) groups excluding carboxylic acids is 1. The van der Waals surface area contributed by atoms with Gasteiger partial charge in [-0.3, -0.25) is 14.7 Å². The lowest BCUT2D eigenvalue weighted by Gasteiger charge is -2.41. The van der Waals surface area contributed by atoms with E-state index in [0.717, 1.165) is 24.8 Å². The van der Waals surface area contributed by atoms with Crippen molar-refractivity contribution >= 4 is 62.6 Å². The molecule has 0 bridgehead atoms. The highest BCUT2D eigenvalue weighted by Gasteiger charge is 2.49. The fourth-order valence-electron chi connectivity index (χ4n) is 7.89. The van der Waals surface area contributed by atoms with Gasteiger partial charge in [-0.15, -0.1) is 0 Å². The Morgan fingerprint density at radius 2 is 2.02 bits per heavy atom. The van der Waals surface area contributed by atoms with Crippen LogP contribution in [0.3, 0.4) is 0 Å². The molecule has 266 valence electrons. The summed E-state index contributed by atoms with van der Waals surface area (Å²) in [7, 11) is 0. The predicted octanol–water partition coefficient (Wildman–Crippen LogP) is 6.40. The van der Waals surface area contributed by atoms with Crippen LogP contribution in [0.5, 0.6) is 6.01 Å². The van der Waals surface area contributed by atoms with Crippen LogP contribution in [0.2, 0.25) is 5.02 Å². The van der Waals surface area contributed by atoms with E-state index in [2.05, 4.69) is 30.3 Å². The zero-order valence-corrected chi connectivity index (χ0v) is 29.9. The number of ether oxygens (including phenoxy) is 1. The molecule has 3 aromatic heterocycles. The smallest absolute Gasteiger partial charge is 0.319 e. The summed E-state index contributed by atoms with van der Waals surface area (Å²) in [5.41, 5.74) is 0.136. The Labute approximate surface area is 307 Å². The summed E-state index contributed by atoms with van der Waals surface area (Å²) in [5.74, 6) is 0.0867. The number of anilines is 1. The van der Waals surface area contributed by atoms with Crippen LogP contribution in [0.15, 0.2) is 48.7 Å². The van der Waals surface area contributed by atoms with Gasteiger partial charge in [0.2, 0.25) is 5.91 Å². The summed E-state index contributed by atoms with van der Waals surface area (Å²) < 4.78 is 41.9. The fraction of sp³-hybridized carbons (Fsp3) is 0.378. The Kier molecular flexibility index (Phi) is 9.19. The van der Waals surface area contributed by atoms with Crippen molar-refractivity contribution in [3.05, 3.63) is 70.3 Å². The van der Waals surface area contributed by atoms with Gasteiger partial charge in [0.15, 0.2) is 5.82 Å². The van der Waals surface area contributed by atoms with E-state index in [1.807, 2.05) is 29.2 Å². The maximum Gasteiger partial charge on any atom is 0.319 e. The summed E-state index contributed by atoms with van der Waals surface area (Å²) in [6, 6.07) is 12.7. The molecule has 2 aromatic carbocycles. The van der Waals surface area contributed by atoms with Gasteiger partial charge in [-0.25, -0.2) is 13.8 Å². The van der Waals surface area contributed by atoms with Crippen molar-refractivity contribution in [2.24, 2.45) is 0 Å². The van der Waals surface area contributed by atoms with Gasteiger partial charge in [0.25, 0.3) is 0 Å². The molecule has 1 amide bonds. The number of pyridine rings is 1. The third-order valence-corrected chi connectivity index (χ3v) is 11.4. The molecule has 8 rings (SSSR count). The van der Waals surface area contributed by atoms with Crippen molar-refractivity contribution in [2.75, 3.05) is 44.2 Å². The largest absolute Gasteiger partial charge is 0.461 e. The number of benzene rings is 2. The number of fused-ring (bicyclic) bond motifs is 3. The molecular formula is C37H34ClF2N9O2S. The van der Waals surface area contributed by atoms with Crippen LogP contribution in [0.4, 0.5) is 14.6 Å². The van der Waals surface area contributed by atoms with Crippen LogP contribution in [0, 0.1) is 24.1 Å². The first-order chi connectivity index (χ1) is 25.2. The van der Waals surface area contributed by atoms with Crippen LogP contribution < -0.4 is 9.64 Å². The molecule has 0 saturated carbocycles. The van der Waals surface area contributed by atoms with Crippen LogP contribution >= 0.6 is 23.1 Å². The molecule has 3 saturated heterocycles. The molecule has 15 heteroatoms. The number of hydrogen-bond donors (Lipinski definition) is 0. The van der Waals surface area contributed by atoms with Gasteiger partial charge in [0.1, 0.15) is 40.6 Å². The molecule has 0 radical (unpaired) electrons. The van der Waals surface area contributed by atoms with Crippen molar-refractivity contribution in [1.29, 1.82) is 5.26 Å². The Hall–Kier alpha value is -4.84. The SMILES string of the molecule is Cc1nsc(/C=C/C(=O)N2CCN(c3nc(OC[C@@]45CCCN4C[C@H](F)C5)nc4c(F)c(-c5cccc6cccc(Cl)c56)ncc34)C[C@@H]2CC#N)n1. The second kappa shape index (κ2) is 13.9. The molecule has 3 atom stereocenters. The normalized spacial score (nSPS) is 22.1. The lowest BCUT2D eigenvalue weighted by Crippen LogP contribution is -2.55. The van der Waals surface area contributed by atoms with Gasteiger partial charge in [-0.05, 0) is 55.4 Å². The molecule has 3 aliphatic heterocycles. The Morgan fingerprint density at radius 3 is 2.83 bits per heavy atom. The van der Waals surface area contributed by atoms with Crippen LogP contribution in [-0.2, 0) is 4.79 Å². The molecular weight excluding hydrogens is 708 g/mol. The van der Waals surface area contributed by atoms with Crippen molar-refractivity contribution in [2.45, 2.75) is 50.4 Å². The number of piperazine rings is 1. The first-order valence-corrected chi connectivity index (χ1v) is 18.3. The van der Waals surface area contributed by atoms with Gasteiger partial charge < -0.3 is 14.5 Å². The maximum absolute atomic E-state index is 16.9. The molecule has 5 aromatic rings. The number of carbonyl (C=O) groups is 1. The van der Waals surface area contributed by atoms with E-state index in [-0.39, 0.29) is 49.2 Å². The average Bonchev–Trinajstić information content (AvgIpc) is 3.83. The van der Waals surface area contributed by atoms with Crippen molar-refractivity contribution in [3.8, 4) is 23.3 Å². The maximum atomic E-state index is 16.9. The number of aromatic nitrogens is 5. The monoisotopic (exact) mass is 741 g/mol. The van der Waals surface area contributed by atoms with E-state index in [4.69, 9.17) is 21.3 Å². The Morgan fingerprint density at radius 1 is 1.17 bits per heavy atom. The minimum atomic E-state index is -0.941. The summed E-state index contributed by atoms with van der Waals surface area (Å²) in [5, 5.41) is 12.7. The fourth-order valence-corrected chi connectivity index (χ4v) is 8.74. The Balaban J connectivity index is 1.17. The van der Waals surface area contributed by atoms with Gasteiger partial charge in [0.05, 0.1) is 29.5 Å². The van der Waals surface area contributed by atoms with E-state index in [0.29, 0.717) is 57.5 Å². The zero-order valence-electron chi connectivity index (χ0n) is 28.3. The molecule has 52 heavy (non-hydrogen) atoms. The van der Waals surface area contributed by atoms with E-state index >= 15 is 4.39 Å². The number of halogens is 3. The summed E-state index contributed by atoms with van der Waals surface area (Å²) >= 11 is 7.82. The van der Waals surface area contributed by atoms with Crippen molar-refractivity contribution < 1.29 is 18.3 Å². The topological polar surface area (TPSA) is 124 Å². The lowest BCUT2D eigenvalue weighted by molar-refractivity contribution is -0.128. The lowest BCUT2D eigenvalue weighted by atomic mass is 9.95. The summed E-state index contributed by atoms with van der Waals surface area (Å²) in [6.45, 7) is 3.98. The van der Waals surface area contributed by atoms with Crippen LogP contribution in [0.25, 0.3) is 39.0 Å². The molecule has 11 nitrogen and oxygen atoms in total. The molecule has 6 heterocycles. The molecule has 0 aliphatic carbocycles. The third kappa shape index (κ3) is 6.31. The minimum absolute atomic E-state index is 0.00949. The molecule has 3 fully saturated rings. The van der Waals surface area contributed by atoms with Crippen LogP contribution in [0.1, 0.15) is 36.5 Å². The van der Waals surface area contributed by atoms with Crippen molar-refractivity contribution in [3.63, 3.8) is 0 Å². The van der Waals surface area contributed by atoms with Gasteiger partial charge >= 0.3 is 6.01 Å². The first kappa shape index (κ1) is 34.3. The standard InChI is InChI=1S/C37H34ClF2N9O2S/c1-22-43-29(52-46-22)9-10-30(50)49-16-15-47(20-25(49)11-13-41)35-27-18-42-33(26-7-2-5-23-6-3-8-28(38)31(23)26)32(40)34(27)44-36(45-35)51-21-37-12-4-14-48(37)19-24(39)17-37/h2-3,5-10,18,24-25H,4,11-12,14-17,19-21H2,1H3/b10-9+/t24-,25+,37+/m1/s1. The quantitative estimate of drug-likeness (QED) is 0.165. The zero-order chi connectivity index (χ0) is 36.0. The van der Waals surface area contributed by atoms with Gasteiger partial charge in [-0.1, -0.05) is 41.9 Å². The summed E-state index contributed by atoms with van der Waals surface area (Å²) in [6.07, 6.45) is 5.84. The highest BCUT2D eigenvalue weighted by molar-refractivity contribution is 7.06. The molecule has 0 spiro atoms. The molecule has 3 aliphatic rings. The van der Waals surface area contributed by atoms with E-state index in [9.17, 15) is 14.4 Å². The summed E-state index contributed by atoms with van der Waals surface area (Å²) in [4.78, 5) is 37.4. The third-order valence-electron chi connectivity index (χ3n) is 10.3. The number of rotatable bonds is 8. The first-order valence-electron chi connectivity index (χ1n) is 17.2. The number of nitrogens with zero attached hydrogens (tertiary/aromatic N) is 9. The number of alkyl halides is 1. The van der Waals surface area contributed by atoms with Crippen molar-refractivity contribution in [1.82, 2.24) is 34.1 Å². The predicted molar refractivity (Wildman–Crippen MR) is 195 cm³/mol. The minimum Gasteiger partial charge on any atom is -0.461 e. The molecule has 0 N–H and O–H groups in total. The van der Waals surface area contributed by atoms with Crippen LogP contribution in [-0.4, -0.2) is 97.1 Å². The average molecular weight is 742 g/mol. The van der Waals surface area contributed by atoms with E-state index in [1.54, 1.807) is 36.2 Å².